The van der Waals surface area contributed by atoms with Gasteiger partial charge in [0.1, 0.15) is 12.1 Å². The molecule has 0 radical (unpaired) electrons. The molecule has 0 bridgehead atoms. The van der Waals surface area contributed by atoms with Crippen LogP contribution in [0.25, 0.3) is 0 Å². The average Bonchev–Trinajstić information content (AvgIpc) is 3.26. The maximum absolute atomic E-state index is 13.5. The maximum Gasteiger partial charge on any atom is 0.165 e. The van der Waals surface area contributed by atoms with Gasteiger partial charge in [0.2, 0.25) is 0 Å². The van der Waals surface area contributed by atoms with Crippen molar-refractivity contribution in [3.05, 3.63) is 30.1 Å². The van der Waals surface area contributed by atoms with Crippen molar-refractivity contribution in [2.45, 2.75) is 31.7 Å². The monoisotopic (exact) mass is 262 g/mol. The molecule has 0 aliphatic heterocycles. The Kier molecular flexibility index (Phi) is 4.39. The van der Waals surface area contributed by atoms with Crippen molar-refractivity contribution < 1.29 is 9.13 Å². The molecular weight excluding hydrogens is 243 g/mol. The third kappa shape index (κ3) is 3.24. The third-order valence-electron chi connectivity index (χ3n) is 3.46. The fraction of sp³-hybridized carbons (Fsp3) is 0.533. The van der Waals surface area contributed by atoms with Gasteiger partial charge >= 0.3 is 0 Å². The van der Waals surface area contributed by atoms with Crippen LogP contribution < -0.4 is 10.1 Å². The van der Waals surface area contributed by atoms with E-state index in [1.165, 1.54) is 6.07 Å². The molecule has 1 atom stereocenters. The highest BCUT2D eigenvalue weighted by molar-refractivity contribution is 5.25. The summed E-state index contributed by atoms with van der Waals surface area (Å²) in [6.07, 6.45) is 3.02. The van der Waals surface area contributed by atoms with Gasteiger partial charge in [-0.1, -0.05) is 19.1 Å². The van der Waals surface area contributed by atoms with Crippen LogP contribution >= 0.6 is 0 Å². The molecule has 1 aromatic rings. The highest BCUT2D eigenvalue weighted by Crippen LogP contribution is 2.40. The lowest BCUT2D eigenvalue weighted by Crippen LogP contribution is -2.51. The Bertz CT molecular complexity index is 467. The smallest absolute Gasteiger partial charge is 0.165 e. The number of hydrogen-bond acceptors (Lipinski definition) is 3. The number of nitrogens with zero attached hydrogens (tertiary/aromatic N) is 1. The summed E-state index contributed by atoms with van der Waals surface area (Å²) in [6, 6.07) is 8.64. The van der Waals surface area contributed by atoms with Crippen LogP contribution in [0.4, 0.5) is 4.39 Å². The van der Waals surface area contributed by atoms with Crippen LogP contribution in [0.2, 0.25) is 0 Å². The van der Waals surface area contributed by atoms with Crippen molar-refractivity contribution in [3.63, 3.8) is 0 Å². The number of nitrogens with one attached hydrogen (secondary N) is 1. The second kappa shape index (κ2) is 6.03. The Morgan fingerprint density at radius 3 is 2.79 bits per heavy atom. The molecule has 1 aliphatic rings. The predicted octanol–water partition coefficient (Wildman–Crippen LogP) is 2.88. The molecule has 3 nitrogen and oxygen atoms in total. The lowest BCUT2D eigenvalue weighted by atomic mass is 9.96. The first kappa shape index (κ1) is 13.8. The first-order valence-electron chi connectivity index (χ1n) is 6.75. The molecule has 1 unspecified atom stereocenters. The van der Waals surface area contributed by atoms with E-state index in [-0.39, 0.29) is 18.2 Å². The first-order chi connectivity index (χ1) is 9.22. The largest absolute Gasteiger partial charge is 0.487 e. The highest BCUT2D eigenvalue weighted by Gasteiger charge is 2.46. The van der Waals surface area contributed by atoms with Crippen molar-refractivity contribution in [2.24, 2.45) is 5.92 Å². The molecule has 1 aliphatic carbocycles. The highest BCUT2D eigenvalue weighted by atomic mass is 19.1. The molecule has 0 saturated heterocycles. The van der Waals surface area contributed by atoms with Gasteiger partial charge < -0.3 is 4.74 Å². The van der Waals surface area contributed by atoms with Gasteiger partial charge in [0.15, 0.2) is 11.6 Å². The van der Waals surface area contributed by atoms with Crippen molar-refractivity contribution in [1.29, 1.82) is 5.26 Å². The van der Waals surface area contributed by atoms with Crippen LogP contribution in [0.1, 0.15) is 26.2 Å². The maximum atomic E-state index is 13.5. The summed E-state index contributed by atoms with van der Waals surface area (Å²) in [5.41, 5.74) is -0.682. The molecular formula is C15H19FN2O. The predicted molar refractivity (Wildman–Crippen MR) is 71.3 cm³/mol. The van der Waals surface area contributed by atoms with Crippen LogP contribution in [0.3, 0.4) is 0 Å². The Morgan fingerprint density at radius 2 is 2.21 bits per heavy atom. The quantitative estimate of drug-likeness (QED) is 0.821. The molecule has 1 N–H and O–H groups in total. The van der Waals surface area contributed by atoms with Crippen molar-refractivity contribution >= 4 is 0 Å². The van der Waals surface area contributed by atoms with Gasteiger partial charge in [-0.15, -0.1) is 0 Å². The molecule has 19 heavy (non-hydrogen) atoms. The molecule has 0 spiro atoms. The normalized spacial score (nSPS) is 17.5. The van der Waals surface area contributed by atoms with Gasteiger partial charge in [-0.05, 0) is 43.9 Å². The van der Waals surface area contributed by atoms with E-state index in [4.69, 9.17) is 4.74 Å². The number of nitriles is 1. The van der Waals surface area contributed by atoms with Gasteiger partial charge in [0.05, 0.1) is 6.07 Å². The van der Waals surface area contributed by atoms with Crippen molar-refractivity contribution in [2.75, 3.05) is 13.2 Å². The second-order valence-corrected chi connectivity index (χ2v) is 5.00. The van der Waals surface area contributed by atoms with Crippen LogP contribution in [-0.2, 0) is 0 Å². The summed E-state index contributed by atoms with van der Waals surface area (Å²) in [5.74, 6) is 0.137. The van der Waals surface area contributed by atoms with E-state index in [0.29, 0.717) is 5.92 Å². The van der Waals surface area contributed by atoms with Crippen LogP contribution in [0.15, 0.2) is 24.3 Å². The van der Waals surface area contributed by atoms with Crippen molar-refractivity contribution in [1.82, 2.24) is 5.32 Å². The van der Waals surface area contributed by atoms with E-state index < -0.39 is 5.54 Å². The van der Waals surface area contributed by atoms with Crippen molar-refractivity contribution in [3.8, 4) is 11.8 Å². The SMILES string of the molecule is CCCNC(C#N)(COc1ccccc1F)C1CC1. The van der Waals surface area contributed by atoms with E-state index in [1.54, 1.807) is 18.2 Å². The standard InChI is InChI=1S/C15H19FN2O/c1-2-9-18-15(10-17,12-7-8-12)11-19-14-6-4-3-5-13(14)16/h3-6,12,18H,2,7-9,11H2,1H3. The van der Waals surface area contributed by atoms with E-state index in [0.717, 1.165) is 25.8 Å². The molecule has 1 saturated carbocycles. The lowest BCUT2D eigenvalue weighted by molar-refractivity contribution is 0.196. The molecule has 4 heteroatoms. The summed E-state index contributed by atoms with van der Waals surface area (Å²) < 4.78 is 19.0. The third-order valence-corrected chi connectivity index (χ3v) is 3.46. The molecule has 2 rings (SSSR count). The number of rotatable bonds is 7. The number of para-hydroxylation sites is 1. The van der Waals surface area contributed by atoms with Gasteiger partial charge in [-0.25, -0.2) is 4.39 Å². The summed E-state index contributed by atoms with van der Waals surface area (Å²) >= 11 is 0. The van der Waals surface area contributed by atoms with Gasteiger partial charge in [-0.2, -0.15) is 5.26 Å². The molecule has 1 fully saturated rings. The van der Waals surface area contributed by atoms with E-state index >= 15 is 0 Å². The summed E-state index contributed by atoms with van der Waals surface area (Å²) in [4.78, 5) is 0. The Labute approximate surface area is 113 Å². The average molecular weight is 262 g/mol. The zero-order chi connectivity index (χ0) is 13.7. The first-order valence-corrected chi connectivity index (χ1v) is 6.75. The second-order valence-electron chi connectivity index (χ2n) is 5.00. The summed E-state index contributed by atoms with van der Waals surface area (Å²) in [5, 5.41) is 12.8. The minimum absolute atomic E-state index is 0.190. The van der Waals surface area contributed by atoms with E-state index in [2.05, 4.69) is 18.3 Å². The molecule has 0 amide bonds. The van der Waals surface area contributed by atoms with Gasteiger partial charge in [-0.3, -0.25) is 5.32 Å². The van der Waals surface area contributed by atoms with E-state index in [1.807, 2.05) is 0 Å². The summed E-state index contributed by atoms with van der Waals surface area (Å²) in [6.45, 7) is 3.01. The Balaban J connectivity index is 2.04. The molecule has 102 valence electrons. The molecule has 0 aromatic heterocycles. The number of benzene rings is 1. The number of hydrogen-bond donors (Lipinski definition) is 1. The minimum Gasteiger partial charge on any atom is -0.487 e. The van der Waals surface area contributed by atoms with Gasteiger partial charge in [0.25, 0.3) is 0 Å². The Hall–Kier alpha value is -1.60. The van der Waals surface area contributed by atoms with Crippen LogP contribution in [0, 0.1) is 23.1 Å². The summed E-state index contributed by atoms with van der Waals surface area (Å²) in [7, 11) is 0. The van der Waals surface area contributed by atoms with Gasteiger partial charge in [0, 0.05) is 0 Å². The zero-order valence-electron chi connectivity index (χ0n) is 11.2. The molecule has 1 aromatic carbocycles. The number of halogens is 1. The fourth-order valence-electron chi connectivity index (χ4n) is 2.15. The number of ether oxygens (including phenoxy) is 1. The lowest BCUT2D eigenvalue weighted by Gasteiger charge is -2.28. The fourth-order valence-corrected chi connectivity index (χ4v) is 2.15. The van der Waals surface area contributed by atoms with E-state index in [9.17, 15) is 9.65 Å². The van der Waals surface area contributed by atoms with Crippen LogP contribution in [0.5, 0.6) is 5.75 Å². The van der Waals surface area contributed by atoms with Crippen LogP contribution in [-0.4, -0.2) is 18.7 Å². The molecule has 0 heterocycles. The Morgan fingerprint density at radius 1 is 1.47 bits per heavy atom. The zero-order valence-corrected chi connectivity index (χ0v) is 11.2. The topological polar surface area (TPSA) is 45.0 Å². The minimum atomic E-state index is -0.682.